The fraction of sp³-hybridized carbons (Fsp3) is 0.333. The van der Waals surface area contributed by atoms with E-state index in [0.29, 0.717) is 6.61 Å². The fourth-order valence-corrected chi connectivity index (χ4v) is 0.777. The quantitative estimate of drug-likeness (QED) is 0.450. The first kappa shape index (κ1) is 13.6. The van der Waals surface area contributed by atoms with Crippen LogP contribution in [0.25, 0.3) is 0 Å². The molecule has 0 fully saturated rings. The third-order valence-corrected chi connectivity index (χ3v) is 1.37. The van der Waals surface area contributed by atoms with Crippen LogP contribution in [-0.4, -0.2) is 20.3 Å². The molecule has 0 saturated heterocycles. The summed E-state index contributed by atoms with van der Waals surface area (Å²) in [6.45, 7) is 0.587. The molecule has 5 heteroatoms. The third-order valence-electron chi connectivity index (χ3n) is 1.37. The molecule has 0 atom stereocenters. The summed E-state index contributed by atoms with van der Waals surface area (Å²) in [5, 5.41) is 0. The molecule has 0 unspecified atom stereocenters. The largest absolute Gasteiger partial charge is 0.546 e. The van der Waals surface area contributed by atoms with E-state index in [2.05, 4.69) is 0 Å². The van der Waals surface area contributed by atoms with E-state index in [-0.39, 0.29) is 34.1 Å². The van der Waals surface area contributed by atoms with E-state index in [0.717, 1.165) is 6.07 Å². The van der Waals surface area contributed by atoms with Crippen LogP contribution >= 0.6 is 0 Å². The number of hydrogen-bond acceptors (Lipinski definition) is 2. The van der Waals surface area contributed by atoms with Crippen molar-refractivity contribution in [2.45, 2.75) is 0 Å². The Balaban J connectivity index is 0.00000169. The predicted octanol–water partition coefficient (Wildman–Crippen LogP) is 1.79. The van der Waals surface area contributed by atoms with Crippen molar-refractivity contribution in [3.8, 4) is 5.75 Å². The van der Waals surface area contributed by atoms with Crippen LogP contribution in [0.15, 0.2) is 12.1 Å². The van der Waals surface area contributed by atoms with Crippen LogP contribution in [0.5, 0.6) is 5.75 Å². The summed E-state index contributed by atoms with van der Waals surface area (Å²) >= 11 is 0. The molecular formula is C9H9F2O2Ti-. The van der Waals surface area contributed by atoms with Crippen molar-refractivity contribution in [3.05, 3.63) is 29.8 Å². The van der Waals surface area contributed by atoms with Crippen molar-refractivity contribution < 1.29 is 40.0 Å². The monoisotopic (exact) mass is 235 g/mol. The molecule has 0 N–H and O–H groups in total. The summed E-state index contributed by atoms with van der Waals surface area (Å²) < 4.78 is 34.8. The number of benzene rings is 1. The third kappa shape index (κ3) is 4.18. The van der Waals surface area contributed by atoms with Gasteiger partial charge in [-0.3, -0.25) is 0 Å². The van der Waals surface area contributed by atoms with Crippen molar-refractivity contribution >= 4 is 0 Å². The Bertz CT molecular complexity index is 282. The first-order valence-corrected chi connectivity index (χ1v) is 3.73. The van der Waals surface area contributed by atoms with Crippen molar-refractivity contribution in [3.63, 3.8) is 0 Å². The maximum Gasteiger partial charge on any atom is 0.0949 e. The SMILES string of the molecule is COCCOc1ccc(F)[c-]c1F.[Ti]. The molecule has 76 valence electrons. The standard InChI is InChI=1S/C9H9F2O2.Ti/c1-12-4-5-13-9-3-2-7(10)6-8(9)11;/h2-3H,4-5H2,1H3;/q-1;. The average molecular weight is 235 g/mol. The number of halogens is 2. The molecule has 0 aliphatic rings. The Labute approximate surface area is 96.1 Å². The van der Waals surface area contributed by atoms with Gasteiger partial charge in [0.1, 0.15) is 0 Å². The normalized spacial score (nSPS) is 9.36. The van der Waals surface area contributed by atoms with Gasteiger partial charge in [0.15, 0.2) is 0 Å². The molecule has 1 aromatic rings. The Morgan fingerprint density at radius 2 is 2.00 bits per heavy atom. The molecule has 0 aromatic heterocycles. The summed E-state index contributed by atoms with van der Waals surface area (Å²) in [6.07, 6.45) is 0. The minimum Gasteiger partial charge on any atom is -0.546 e. The van der Waals surface area contributed by atoms with E-state index in [1.165, 1.54) is 13.2 Å². The van der Waals surface area contributed by atoms with Gasteiger partial charge >= 0.3 is 0 Å². The second kappa shape index (κ2) is 6.93. The van der Waals surface area contributed by atoms with Gasteiger partial charge in [-0.25, -0.2) is 8.78 Å². The van der Waals surface area contributed by atoms with E-state index in [1.54, 1.807) is 0 Å². The van der Waals surface area contributed by atoms with Gasteiger partial charge in [0.05, 0.1) is 19.0 Å². The molecule has 0 spiro atoms. The minimum atomic E-state index is -0.823. The van der Waals surface area contributed by atoms with Crippen LogP contribution in [-0.2, 0) is 26.5 Å². The molecule has 1 rings (SSSR count). The number of methoxy groups -OCH3 is 1. The summed E-state index contributed by atoms with van der Waals surface area (Å²) in [5.74, 6) is -1.58. The number of hydrogen-bond donors (Lipinski definition) is 0. The van der Waals surface area contributed by atoms with Crippen molar-refractivity contribution in [1.82, 2.24) is 0 Å². The van der Waals surface area contributed by atoms with Crippen LogP contribution < -0.4 is 4.74 Å². The number of ether oxygens (including phenoxy) is 2. The van der Waals surface area contributed by atoms with Gasteiger partial charge in [0, 0.05) is 40.4 Å². The van der Waals surface area contributed by atoms with E-state index >= 15 is 0 Å². The van der Waals surface area contributed by atoms with Crippen molar-refractivity contribution in [1.29, 1.82) is 0 Å². The first-order valence-electron chi connectivity index (χ1n) is 3.73. The smallest absolute Gasteiger partial charge is 0.0949 e. The van der Waals surface area contributed by atoms with E-state index in [4.69, 9.17) is 9.47 Å². The number of rotatable bonds is 4. The van der Waals surface area contributed by atoms with Crippen LogP contribution in [0, 0.1) is 17.7 Å². The summed E-state index contributed by atoms with van der Waals surface area (Å²) in [6, 6.07) is 4.17. The molecule has 0 saturated carbocycles. The molecule has 0 aliphatic carbocycles. The Morgan fingerprint density at radius 3 is 2.57 bits per heavy atom. The fourth-order valence-electron chi connectivity index (χ4n) is 0.777. The molecule has 0 aliphatic heterocycles. The van der Waals surface area contributed by atoms with Crippen LogP contribution in [0.3, 0.4) is 0 Å². The average Bonchev–Trinajstić information content (AvgIpc) is 2.09. The molecule has 2 nitrogen and oxygen atoms in total. The molecule has 0 bridgehead atoms. The van der Waals surface area contributed by atoms with E-state index in [1.807, 2.05) is 6.07 Å². The van der Waals surface area contributed by atoms with Crippen LogP contribution in [0.2, 0.25) is 0 Å². The topological polar surface area (TPSA) is 18.5 Å². The molecule has 14 heavy (non-hydrogen) atoms. The zero-order valence-corrected chi connectivity index (χ0v) is 9.20. The summed E-state index contributed by atoms with van der Waals surface area (Å²) in [4.78, 5) is 0. The molecular weight excluding hydrogens is 226 g/mol. The zero-order valence-electron chi connectivity index (χ0n) is 7.64. The Morgan fingerprint density at radius 1 is 1.29 bits per heavy atom. The summed E-state index contributed by atoms with van der Waals surface area (Å²) in [5.41, 5.74) is 0. The van der Waals surface area contributed by atoms with Gasteiger partial charge in [-0.1, -0.05) is 0 Å². The maximum absolute atomic E-state index is 12.8. The maximum atomic E-state index is 12.8. The zero-order chi connectivity index (χ0) is 9.68. The van der Waals surface area contributed by atoms with Gasteiger partial charge in [0.25, 0.3) is 0 Å². The molecule has 1 aromatic carbocycles. The summed E-state index contributed by atoms with van der Waals surface area (Å²) in [7, 11) is 1.51. The Kier molecular flexibility index (Phi) is 6.71. The van der Waals surface area contributed by atoms with Gasteiger partial charge in [-0.05, 0) is 0 Å². The van der Waals surface area contributed by atoms with Crippen molar-refractivity contribution in [2.75, 3.05) is 20.3 Å². The second-order valence-electron chi connectivity index (χ2n) is 2.33. The van der Waals surface area contributed by atoms with Gasteiger partial charge in [0.2, 0.25) is 0 Å². The van der Waals surface area contributed by atoms with E-state index in [9.17, 15) is 8.78 Å². The van der Waals surface area contributed by atoms with Crippen LogP contribution in [0.1, 0.15) is 0 Å². The Hall–Kier alpha value is -0.446. The molecule has 0 radical (unpaired) electrons. The van der Waals surface area contributed by atoms with Gasteiger partial charge in [-0.15, -0.1) is 18.2 Å². The first-order chi connectivity index (χ1) is 6.24. The van der Waals surface area contributed by atoms with Gasteiger partial charge < -0.3 is 9.47 Å². The molecule has 0 amide bonds. The predicted molar refractivity (Wildman–Crippen MR) is 42.6 cm³/mol. The van der Waals surface area contributed by atoms with Crippen molar-refractivity contribution in [2.24, 2.45) is 0 Å². The van der Waals surface area contributed by atoms with E-state index < -0.39 is 11.6 Å². The van der Waals surface area contributed by atoms with Gasteiger partial charge in [-0.2, -0.15) is 0 Å². The second-order valence-corrected chi connectivity index (χ2v) is 2.33. The van der Waals surface area contributed by atoms with Crippen LogP contribution in [0.4, 0.5) is 8.78 Å². The minimum absolute atomic E-state index is 0. The molecule has 0 heterocycles.